The van der Waals surface area contributed by atoms with Crippen LogP contribution in [-0.4, -0.2) is 26.8 Å². The van der Waals surface area contributed by atoms with E-state index in [1.165, 1.54) is 0 Å². The number of halogens is 1. The zero-order valence-corrected chi connectivity index (χ0v) is 10.6. The highest BCUT2D eigenvalue weighted by atomic mass is 35.5. The monoisotopic (exact) mass is 244 g/mol. The Balaban J connectivity index is 2.92. The third-order valence-corrected chi connectivity index (χ3v) is 3.04. The van der Waals surface area contributed by atoms with Gasteiger partial charge in [-0.15, -0.1) is 0 Å². The first-order chi connectivity index (χ1) is 7.51. The first-order valence-electron chi connectivity index (χ1n) is 5.43. The van der Waals surface area contributed by atoms with Crippen LogP contribution in [0.4, 0.5) is 0 Å². The van der Waals surface area contributed by atoms with Crippen LogP contribution in [0.5, 0.6) is 0 Å². The van der Waals surface area contributed by atoms with Crippen LogP contribution in [0.3, 0.4) is 0 Å². The Kier molecular flexibility index (Phi) is 4.50. The van der Waals surface area contributed by atoms with Gasteiger partial charge in [0.05, 0.1) is 22.8 Å². The third kappa shape index (κ3) is 2.62. The molecule has 0 aliphatic heterocycles. The van der Waals surface area contributed by atoms with Gasteiger partial charge in [-0.2, -0.15) is 5.10 Å². The largest absolute Gasteiger partial charge is 0.385 e. The number of aliphatic hydroxyl groups is 1. The summed E-state index contributed by atoms with van der Waals surface area (Å²) in [4.78, 5) is 11.6. The summed E-state index contributed by atoms with van der Waals surface area (Å²) in [6.07, 6.45) is -0.338. The molecule has 5 heteroatoms. The van der Waals surface area contributed by atoms with Crippen LogP contribution < -0.4 is 0 Å². The summed E-state index contributed by atoms with van der Waals surface area (Å²) in [5.74, 6) is -0.209. The van der Waals surface area contributed by atoms with E-state index in [1.807, 2.05) is 6.92 Å². The lowest BCUT2D eigenvalue weighted by Gasteiger charge is -2.08. The van der Waals surface area contributed by atoms with Crippen molar-refractivity contribution in [3.05, 3.63) is 16.4 Å². The molecule has 16 heavy (non-hydrogen) atoms. The van der Waals surface area contributed by atoms with Gasteiger partial charge < -0.3 is 5.11 Å². The fourth-order valence-electron chi connectivity index (χ4n) is 1.55. The molecule has 1 aromatic rings. The second-order valence-corrected chi connectivity index (χ2v) is 4.11. The van der Waals surface area contributed by atoms with E-state index in [0.29, 0.717) is 23.7 Å². The molecule has 0 aromatic carbocycles. The number of hydrogen-bond acceptors (Lipinski definition) is 3. The van der Waals surface area contributed by atoms with Crippen molar-refractivity contribution in [1.82, 2.24) is 9.78 Å². The SMILES string of the molecule is CCC(O)C(=O)Cc1c(Cl)c(C)nn1CC. The number of carbonyl (C=O) groups is 1. The van der Waals surface area contributed by atoms with Gasteiger partial charge in [0, 0.05) is 6.54 Å². The average molecular weight is 245 g/mol. The number of nitrogens with zero attached hydrogens (tertiary/aromatic N) is 2. The predicted molar refractivity (Wildman–Crippen MR) is 62.7 cm³/mol. The molecule has 4 nitrogen and oxygen atoms in total. The molecule has 1 N–H and O–H groups in total. The second kappa shape index (κ2) is 5.46. The maximum atomic E-state index is 11.6. The Morgan fingerprint density at radius 3 is 2.69 bits per heavy atom. The van der Waals surface area contributed by atoms with Crippen LogP contribution in [0.25, 0.3) is 0 Å². The summed E-state index contributed by atoms with van der Waals surface area (Å²) < 4.78 is 1.71. The van der Waals surface area contributed by atoms with Gasteiger partial charge in [-0.3, -0.25) is 9.48 Å². The summed E-state index contributed by atoms with van der Waals surface area (Å²) >= 11 is 6.07. The minimum atomic E-state index is -0.906. The lowest BCUT2D eigenvalue weighted by molar-refractivity contribution is -0.126. The normalized spacial score (nSPS) is 12.8. The molecule has 1 aromatic heterocycles. The van der Waals surface area contributed by atoms with Crippen LogP contribution in [0.1, 0.15) is 31.7 Å². The third-order valence-electron chi connectivity index (χ3n) is 2.55. The molecule has 0 bridgehead atoms. The van der Waals surface area contributed by atoms with Crippen molar-refractivity contribution in [3.63, 3.8) is 0 Å². The molecule has 0 fully saturated rings. The Bertz CT molecular complexity index is 388. The van der Waals surface area contributed by atoms with Crippen molar-refractivity contribution in [2.45, 2.75) is 46.3 Å². The average Bonchev–Trinajstić information content (AvgIpc) is 2.55. The van der Waals surface area contributed by atoms with Gasteiger partial charge >= 0.3 is 0 Å². The molecule has 0 aliphatic carbocycles. The first-order valence-corrected chi connectivity index (χ1v) is 5.81. The number of Topliss-reactive ketones (excluding diaryl/α,β-unsaturated/α-hetero) is 1. The smallest absolute Gasteiger partial charge is 0.167 e. The molecular formula is C11H17ClN2O2. The topological polar surface area (TPSA) is 55.1 Å². The van der Waals surface area contributed by atoms with E-state index in [-0.39, 0.29) is 12.2 Å². The Hall–Kier alpha value is -0.870. The van der Waals surface area contributed by atoms with Crippen LogP contribution in [-0.2, 0) is 17.8 Å². The zero-order valence-electron chi connectivity index (χ0n) is 9.83. The summed E-state index contributed by atoms with van der Waals surface area (Å²) in [5, 5.41) is 14.2. The Labute approximate surface area is 100 Å². The molecule has 0 radical (unpaired) electrons. The van der Waals surface area contributed by atoms with Crippen molar-refractivity contribution in [1.29, 1.82) is 0 Å². The number of hydrogen-bond donors (Lipinski definition) is 1. The van der Waals surface area contributed by atoms with E-state index in [9.17, 15) is 9.90 Å². The van der Waals surface area contributed by atoms with Gasteiger partial charge in [-0.05, 0) is 20.3 Å². The summed E-state index contributed by atoms with van der Waals surface area (Å²) in [6.45, 7) is 6.18. The van der Waals surface area contributed by atoms with E-state index >= 15 is 0 Å². The maximum absolute atomic E-state index is 11.6. The van der Waals surface area contributed by atoms with Crippen molar-refractivity contribution < 1.29 is 9.90 Å². The fraction of sp³-hybridized carbons (Fsp3) is 0.636. The highest BCUT2D eigenvalue weighted by Crippen LogP contribution is 2.21. The molecule has 0 amide bonds. The predicted octanol–water partition coefficient (Wildman–Crippen LogP) is 1.75. The summed E-state index contributed by atoms with van der Waals surface area (Å²) in [5.41, 5.74) is 1.41. The van der Waals surface area contributed by atoms with Crippen LogP contribution in [0.15, 0.2) is 0 Å². The minimum Gasteiger partial charge on any atom is -0.385 e. The highest BCUT2D eigenvalue weighted by Gasteiger charge is 2.19. The zero-order chi connectivity index (χ0) is 12.3. The van der Waals surface area contributed by atoms with Gasteiger partial charge in [0.15, 0.2) is 5.78 Å². The van der Waals surface area contributed by atoms with Gasteiger partial charge in [0.2, 0.25) is 0 Å². The molecule has 1 atom stereocenters. The molecule has 1 unspecified atom stereocenters. The number of aliphatic hydroxyl groups excluding tert-OH is 1. The Morgan fingerprint density at radius 1 is 1.56 bits per heavy atom. The summed E-state index contributed by atoms with van der Waals surface area (Å²) in [6, 6.07) is 0. The summed E-state index contributed by atoms with van der Waals surface area (Å²) in [7, 11) is 0. The molecule has 0 spiro atoms. The molecule has 1 rings (SSSR count). The number of carbonyl (C=O) groups excluding carboxylic acids is 1. The van der Waals surface area contributed by atoms with Crippen molar-refractivity contribution in [2.24, 2.45) is 0 Å². The standard InChI is InChI=1S/C11H17ClN2O2/c1-4-9(15)10(16)6-8-11(12)7(3)13-14(8)5-2/h9,15H,4-6H2,1-3H3. The number of rotatable bonds is 5. The van der Waals surface area contributed by atoms with Gasteiger partial charge in [-0.1, -0.05) is 18.5 Å². The molecule has 1 heterocycles. The number of aromatic nitrogens is 2. The van der Waals surface area contributed by atoms with E-state index in [4.69, 9.17) is 11.6 Å². The van der Waals surface area contributed by atoms with Crippen LogP contribution in [0.2, 0.25) is 5.02 Å². The molecule has 0 aliphatic rings. The fourth-order valence-corrected chi connectivity index (χ4v) is 1.75. The van der Waals surface area contributed by atoms with E-state index in [1.54, 1.807) is 18.5 Å². The van der Waals surface area contributed by atoms with Crippen LogP contribution >= 0.6 is 11.6 Å². The van der Waals surface area contributed by atoms with E-state index < -0.39 is 6.10 Å². The van der Waals surface area contributed by atoms with Gasteiger partial charge in [-0.25, -0.2) is 0 Å². The van der Waals surface area contributed by atoms with Crippen molar-refractivity contribution in [3.8, 4) is 0 Å². The molecular weight excluding hydrogens is 228 g/mol. The number of aryl methyl sites for hydroxylation is 2. The minimum absolute atomic E-state index is 0.141. The number of ketones is 1. The van der Waals surface area contributed by atoms with Gasteiger partial charge in [0.25, 0.3) is 0 Å². The van der Waals surface area contributed by atoms with Gasteiger partial charge in [0.1, 0.15) is 6.10 Å². The maximum Gasteiger partial charge on any atom is 0.167 e. The van der Waals surface area contributed by atoms with E-state index in [2.05, 4.69) is 5.10 Å². The second-order valence-electron chi connectivity index (χ2n) is 3.73. The first kappa shape index (κ1) is 13.2. The Morgan fingerprint density at radius 2 is 2.19 bits per heavy atom. The van der Waals surface area contributed by atoms with Crippen LogP contribution in [0, 0.1) is 6.92 Å². The van der Waals surface area contributed by atoms with Crippen molar-refractivity contribution in [2.75, 3.05) is 0 Å². The lowest BCUT2D eigenvalue weighted by Crippen LogP contribution is -2.22. The highest BCUT2D eigenvalue weighted by molar-refractivity contribution is 6.32. The molecule has 90 valence electrons. The van der Waals surface area contributed by atoms with Crippen molar-refractivity contribution >= 4 is 17.4 Å². The molecule has 0 saturated carbocycles. The molecule has 0 saturated heterocycles. The van der Waals surface area contributed by atoms with E-state index in [0.717, 1.165) is 5.69 Å². The quantitative estimate of drug-likeness (QED) is 0.859. The lowest BCUT2D eigenvalue weighted by atomic mass is 10.1.